The fraction of sp³-hybridized carbons (Fsp3) is 0.136. The van der Waals surface area contributed by atoms with E-state index < -0.39 is 34.6 Å². The number of halogens is 4. The molecule has 32 heavy (non-hydrogen) atoms. The summed E-state index contributed by atoms with van der Waals surface area (Å²) in [5.41, 5.74) is -1.85. The van der Waals surface area contributed by atoms with Crippen molar-refractivity contribution in [1.82, 2.24) is 9.38 Å². The summed E-state index contributed by atoms with van der Waals surface area (Å²) in [6.45, 7) is 0.0791. The molecule has 3 heterocycles. The first kappa shape index (κ1) is 21.8. The van der Waals surface area contributed by atoms with Crippen molar-refractivity contribution in [3.63, 3.8) is 0 Å². The first-order chi connectivity index (χ1) is 15.2. The first-order valence-corrected chi connectivity index (χ1v) is 10.5. The van der Waals surface area contributed by atoms with Gasteiger partial charge in [-0.3, -0.25) is 0 Å². The zero-order chi connectivity index (χ0) is 23.0. The zero-order valence-corrected chi connectivity index (χ0v) is 17.4. The molecule has 0 amide bonds. The molecule has 5 nitrogen and oxygen atoms in total. The highest BCUT2D eigenvalue weighted by molar-refractivity contribution is 7.98. The van der Waals surface area contributed by atoms with Crippen molar-refractivity contribution in [2.45, 2.75) is 17.7 Å². The number of hydrogen-bond acceptors (Lipinski definition) is 4. The number of rotatable bonds is 4. The second kappa shape index (κ2) is 8.27. The molecule has 0 saturated heterocycles. The van der Waals surface area contributed by atoms with Gasteiger partial charge in [-0.2, -0.15) is 22.1 Å². The van der Waals surface area contributed by atoms with E-state index in [1.165, 1.54) is 26.9 Å². The molecule has 4 rings (SSSR count). The third-order valence-electron chi connectivity index (χ3n) is 4.89. The third-order valence-corrected chi connectivity index (χ3v) is 5.55. The fourth-order valence-corrected chi connectivity index (χ4v) is 3.76. The van der Waals surface area contributed by atoms with Gasteiger partial charge in [-0.1, -0.05) is 12.1 Å². The molecular formula is C22H16F4N3O2S+. The lowest BCUT2D eigenvalue weighted by Crippen LogP contribution is -2.41. The van der Waals surface area contributed by atoms with Crippen LogP contribution in [-0.4, -0.2) is 20.7 Å². The van der Waals surface area contributed by atoms with Crippen molar-refractivity contribution in [2.75, 3.05) is 6.26 Å². The van der Waals surface area contributed by atoms with Gasteiger partial charge in [0.05, 0.1) is 16.8 Å². The average molecular weight is 462 g/mol. The van der Waals surface area contributed by atoms with Crippen LogP contribution < -0.4 is 10.1 Å². The number of aromatic hydroxyl groups is 1. The summed E-state index contributed by atoms with van der Waals surface area (Å²) in [6.07, 6.45) is 0.0863. The second-order valence-electron chi connectivity index (χ2n) is 6.95. The van der Waals surface area contributed by atoms with Crippen molar-refractivity contribution in [2.24, 2.45) is 0 Å². The van der Waals surface area contributed by atoms with Crippen LogP contribution in [0.1, 0.15) is 11.1 Å². The average Bonchev–Trinajstić information content (AvgIpc) is 2.76. The van der Waals surface area contributed by atoms with Gasteiger partial charge >= 0.3 is 11.7 Å². The van der Waals surface area contributed by atoms with E-state index in [0.29, 0.717) is 23.3 Å². The van der Waals surface area contributed by atoms with Crippen molar-refractivity contribution in [1.29, 1.82) is 0 Å². The summed E-state index contributed by atoms with van der Waals surface area (Å²) in [6, 6.07) is 10.2. The molecular weight excluding hydrogens is 446 g/mol. The van der Waals surface area contributed by atoms with E-state index in [9.17, 15) is 27.5 Å². The summed E-state index contributed by atoms with van der Waals surface area (Å²) >= 11 is 1.46. The number of hydrogen-bond donors (Lipinski definition) is 1. The fourth-order valence-electron chi connectivity index (χ4n) is 3.40. The van der Waals surface area contributed by atoms with Crippen molar-refractivity contribution in [3.05, 3.63) is 88.2 Å². The van der Waals surface area contributed by atoms with Crippen LogP contribution in [0.25, 0.3) is 16.8 Å². The molecule has 0 fully saturated rings. The topological polar surface area (TPSA) is 58.5 Å². The van der Waals surface area contributed by atoms with E-state index in [4.69, 9.17) is 0 Å². The smallest absolute Gasteiger partial charge is 0.416 e. The van der Waals surface area contributed by atoms with Gasteiger partial charge in [0.25, 0.3) is 11.5 Å². The Kier molecular flexibility index (Phi) is 5.64. The van der Waals surface area contributed by atoms with Gasteiger partial charge in [0.2, 0.25) is 0 Å². The Morgan fingerprint density at radius 3 is 2.59 bits per heavy atom. The van der Waals surface area contributed by atoms with Crippen LogP contribution in [0.3, 0.4) is 0 Å². The van der Waals surface area contributed by atoms with E-state index in [0.717, 1.165) is 11.1 Å². The van der Waals surface area contributed by atoms with Gasteiger partial charge in [0, 0.05) is 23.4 Å². The Hall–Kier alpha value is -3.40. The lowest BCUT2D eigenvalue weighted by molar-refractivity contribution is -0.671. The number of fused-ring (bicyclic) bond motifs is 1. The maximum absolute atomic E-state index is 14.0. The van der Waals surface area contributed by atoms with Gasteiger partial charge in [0.1, 0.15) is 12.4 Å². The first-order valence-electron chi connectivity index (χ1n) is 9.32. The Morgan fingerprint density at radius 1 is 1.16 bits per heavy atom. The molecule has 164 valence electrons. The van der Waals surface area contributed by atoms with Crippen molar-refractivity contribution in [3.8, 4) is 17.0 Å². The number of thioether (sulfide) groups is 1. The molecule has 3 aromatic heterocycles. The number of benzene rings is 1. The van der Waals surface area contributed by atoms with Crippen LogP contribution in [0, 0.1) is 5.82 Å². The Morgan fingerprint density at radius 2 is 1.94 bits per heavy atom. The lowest BCUT2D eigenvalue weighted by Gasteiger charge is -2.12. The van der Waals surface area contributed by atoms with Crippen molar-refractivity contribution < 1.29 is 27.2 Å². The number of pyridine rings is 2. The van der Waals surface area contributed by atoms with Crippen LogP contribution in [-0.2, 0) is 12.7 Å². The van der Waals surface area contributed by atoms with Crippen LogP contribution in [0.15, 0.2) is 70.7 Å². The Bertz CT molecular complexity index is 1370. The molecule has 1 aromatic carbocycles. The van der Waals surface area contributed by atoms with E-state index in [2.05, 4.69) is 4.98 Å². The van der Waals surface area contributed by atoms with Crippen LogP contribution in [0.5, 0.6) is 5.88 Å². The van der Waals surface area contributed by atoms with Gasteiger partial charge in [-0.25, -0.2) is 14.2 Å². The highest BCUT2D eigenvalue weighted by atomic mass is 32.2. The molecule has 0 aliphatic rings. The summed E-state index contributed by atoms with van der Waals surface area (Å²) in [4.78, 5) is 17.4. The third kappa shape index (κ3) is 4.05. The second-order valence-corrected chi connectivity index (χ2v) is 7.78. The van der Waals surface area contributed by atoms with Crippen LogP contribution >= 0.6 is 11.8 Å². The molecule has 0 aliphatic heterocycles. The van der Waals surface area contributed by atoms with E-state index in [1.54, 1.807) is 36.5 Å². The number of alkyl halides is 3. The molecule has 10 heteroatoms. The summed E-state index contributed by atoms with van der Waals surface area (Å²) in [5, 5.41) is 11.8. The highest BCUT2D eigenvalue weighted by Crippen LogP contribution is 2.34. The molecule has 0 spiro atoms. The molecule has 0 aliphatic carbocycles. The summed E-state index contributed by atoms with van der Waals surface area (Å²) < 4.78 is 56.2. The Balaban J connectivity index is 1.97. The molecule has 0 radical (unpaired) electrons. The SMILES string of the molecule is CSc1ccc(C[n+]2c(O)c(-c3cc(F)cc(C(F)(F)F)c3)c(=O)n3ccccc32)cn1. The highest BCUT2D eigenvalue weighted by Gasteiger charge is 2.33. The van der Waals surface area contributed by atoms with E-state index in [1.807, 2.05) is 6.26 Å². The number of nitrogens with zero attached hydrogens (tertiary/aromatic N) is 3. The molecule has 0 saturated carbocycles. The standard InChI is InChI=1S/C22H15F4N3O2S/c1-32-17-6-5-13(11-27-17)12-29-18-4-2-3-7-28(18)20(30)19(21(29)31)14-8-15(22(24,25)26)10-16(23)9-14/h2-11H,12H2,1H3/p+1. The zero-order valence-electron chi connectivity index (χ0n) is 16.6. The Labute approximate surface area is 183 Å². The molecule has 0 atom stereocenters. The minimum Gasteiger partial charge on any atom is -0.477 e. The normalized spacial score (nSPS) is 11.8. The predicted octanol–water partition coefficient (Wildman–Crippen LogP) is 4.28. The molecule has 1 N–H and O–H groups in total. The van der Waals surface area contributed by atoms with Gasteiger partial charge in [-0.15, -0.1) is 11.8 Å². The van der Waals surface area contributed by atoms with Gasteiger partial charge < -0.3 is 5.11 Å². The quantitative estimate of drug-likeness (QED) is 0.279. The van der Waals surface area contributed by atoms with E-state index in [-0.39, 0.29) is 12.1 Å². The van der Waals surface area contributed by atoms with Gasteiger partial charge in [0.15, 0.2) is 5.56 Å². The van der Waals surface area contributed by atoms with E-state index >= 15 is 0 Å². The summed E-state index contributed by atoms with van der Waals surface area (Å²) in [5.74, 6) is -1.75. The molecule has 4 aromatic rings. The van der Waals surface area contributed by atoms with Crippen LogP contribution in [0.4, 0.5) is 17.6 Å². The minimum absolute atomic E-state index is 0.0791. The molecule has 0 bridgehead atoms. The van der Waals surface area contributed by atoms with Gasteiger partial charge in [-0.05, 0) is 36.6 Å². The largest absolute Gasteiger partial charge is 0.477 e. The maximum atomic E-state index is 14.0. The minimum atomic E-state index is -4.82. The lowest BCUT2D eigenvalue weighted by atomic mass is 10.0. The summed E-state index contributed by atoms with van der Waals surface area (Å²) in [7, 11) is 0. The van der Waals surface area contributed by atoms with Crippen molar-refractivity contribution >= 4 is 17.4 Å². The molecule has 0 unspecified atom stereocenters. The number of aromatic nitrogens is 3. The predicted molar refractivity (Wildman–Crippen MR) is 111 cm³/mol. The maximum Gasteiger partial charge on any atom is 0.416 e. The van der Waals surface area contributed by atoms with Crippen LogP contribution in [0.2, 0.25) is 0 Å². The monoisotopic (exact) mass is 462 g/mol.